The van der Waals surface area contributed by atoms with E-state index in [1.807, 2.05) is 0 Å². The Morgan fingerprint density at radius 1 is 1.31 bits per heavy atom. The van der Waals surface area contributed by atoms with Gasteiger partial charge in [0.1, 0.15) is 0 Å². The second-order valence-corrected chi connectivity index (χ2v) is 6.35. The third-order valence-corrected chi connectivity index (χ3v) is 4.54. The van der Waals surface area contributed by atoms with Crippen LogP contribution in [-0.4, -0.2) is 29.9 Å². The van der Waals surface area contributed by atoms with Crippen LogP contribution < -0.4 is 5.69 Å². The van der Waals surface area contributed by atoms with Crippen LogP contribution in [0.4, 0.5) is 5.69 Å². The van der Waals surface area contributed by atoms with E-state index in [4.69, 9.17) is 4.42 Å². The van der Waals surface area contributed by atoms with Gasteiger partial charge in [-0.05, 0) is 18.6 Å². The first kappa shape index (κ1) is 17.9. The second kappa shape index (κ2) is 7.95. The van der Waals surface area contributed by atoms with Crippen molar-refractivity contribution in [3.8, 4) is 11.5 Å². The number of hydrogen-bond acceptors (Lipinski definition) is 8. The zero-order valence-corrected chi connectivity index (χ0v) is 14.7. The highest BCUT2D eigenvalue weighted by atomic mass is 32.2. The molecule has 0 unspecified atom stereocenters. The van der Waals surface area contributed by atoms with Crippen molar-refractivity contribution in [2.45, 2.75) is 37.2 Å². The lowest BCUT2D eigenvalue weighted by Gasteiger charge is -2.02. The highest BCUT2D eigenvalue weighted by molar-refractivity contribution is 7.98. The number of nitro benzene ring substituents is 1. The topological polar surface area (TPSA) is 133 Å². The van der Waals surface area contributed by atoms with E-state index in [1.165, 1.54) is 23.9 Å². The Balaban J connectivity index is 1.67. The third-order valence-electron chi connectivity index (χ3n) is 3.58. The van der Waals surface area contributed by atoms with Crippen molar-refractivity contribution in [3.05, 3.63) is 50.8 Å². The van der Waals surface area contributed by atoms with Gasteiger partial charge in [0.2, 0.25) is 11.8 Å². The molecule has 26 heavy (non-hydrogen) atoms. The molecule has 3 rings (SSSR count). The standard InChI is InChI=1S/C15H16N6O4S/c1-2-3-8-20-14(22)18-19-15(20)26-9-12-16-17-13(25-12)10-4-6-11(7-5-10)21(23)24/h4-7H,2-3,8-9H2,1H3,(H,18,22). The van der Waals surface area contributed by atoms with Gasteiger partial charge in [0.05, 0.1) is 10.7 Å². The molecular formula is C15H16N6O4S. The number of nitrogens with one attached hydrogen (secondary N) is 1. The number of nitro groups is 1. The van der Waals surface area contributed by atoms with Crippen molar-refractivity contribution in [2.24, 2.45) is 0 Å². The number of non-ortho nitro benzene ring substituents is 1. The number of H-pyrrole nitrogens is 1. The Labute approximate surface area is 151 Å². The molecule has 0 spiro atoms. The van der Waals surface area contributed by atoms with Gasteiger partial charge in [0.15, 0.2) is 5.16 Å². The van der Waals surface area contributed by atoms with Crippen LogP contribution in [0.1, 0.15) is 25.7 Å². The number of thioether (sulfide) groups is 1. The number of aromatic amines is 1. The normalized spacial score (nSPS) is 11.0. The van der Waals surface area contributed by atoms with Crippen LogP contribution in [0.2, 0.25) is 0 Å². The molecule has 10 nitrogen and oxygen atoms in total. The molecule has 1 N–H and O–H groups in total. The number of nitrogens with zero attached hydrogens (tertiary/aromatic N) is 5. The lowest BCUT2D eigenvalue weighted by Crippen LogP contribution is -2.17. The summed E-state index contributed by atoms with van der Waals surface area (Å²) >= 11 is 1.32. The number of aromatic nitrogens is 5. The molecule has 11 heteroatoms. The van der Waals surface area contributed by atoms with Gasteiger partial charge in [-0.15, -0.1) is 15.3 Å². The predicted octanol–water partition coefficient (Wildman–Crippen LogP) is 2.62. The molecule has 0 aliphatic heterocycles. The second-order valence-electron chi connectivity index (χ2n) is 5.41. The average Bonchev–Trinajstić information content (AvgIpc) is 3.25. The maximum absolute atomic E-state index is 11.8. The minimum absolute atomic E-state index is 0.00683. The Hall–Kier alpha value is -2.95. The zero-order chi connectivity index (χ0) is 18.5. The van der Waals surface area contributed by atoms with Crippen LogP contribution in [0, 0.1) is 10.1 Å². The summed E-state index contributed by atoms with van der Waals surface area (Å²) in [6.45, 7) is 2.65. The fourth-order valence-electron chi connectivity index (χ4n) is 2.21. The Morgan fingerprint density at radius 2 is 2.08 bits per heavy atom. The lowest BCUT2D eigenvalue weighted by atomic mass is 10.2. The van der Waals surface area contributed by atoms with Crippen LogP contribution >= 0.6 is 11.8 Å². The summed E-state index contributed by atoms with van der Waals surface area (Å²) < 4.78 is 7.17. The lowest BCUT2D eigenvalue weighted by molar-refractivity contribution is -0.384. The molecule has 0 radical (unpaired) electrons. The number of hydrogen-bond donors (Lipinski definition) is 1. The molecule has 0 amide bonds. The van der Waals surface area contributed by atoms with Crippen molar-refractivity contribution in [1.29, 1.82) is 0 Å². The molecule has 1 aromatic carbocycles. The molecule has 2 aromatic heterocycles. The van der Waals surface area contributed by atoms with E-state index in [1.54, 1.807) is 16.7 Å². The average molecular weight is 376 g/mol. The van der Waals surface area contributed by atoms with Gasteiger partial charge in [-0.2, -0.15) is 0 Å². The molecule has 0 bridgehead atoms. The first-order chi connectivity index (χ1) is 12.6. The molecule has 2 heterocycles. The number of unbranched alkanes of at least 4 members (excludes halogenated alkanes) is 1. The minimum atomic E-state index is -0.471. The van der Waals surface area contributed by atoms with E-state index < -0.39 is 4.92 Å². The maximum Gasteiger partial charge on any atom is 0.343 e. The van der Waals surface area contributed by atoms with Crippen molar-refractivity contribution < 1.29 is 9.34 Å². The van der Waals surface area contributed by atoms with E-state index in [9.17, 15) is 14.9 Å². The molecule has 0 saturated carbocycles. The van der Waals surface area contributed by atoms with E-state index in [0.29, 0.717) is 28.9 Å². The number of rotatable bonds is 8. The molecular weight excluding hydrogens is 360 g/mol. The van der Waals surface area contributed by atoms with Crippen molar-refractivity contribution >= 4 is 17.4 Å². The van der Waals surface area contributed by atoms with Crippen LogP contribution in [0.3, 0.4) is 0 Å². The molecule has 0 saturated heterocycles. The quantitative estimate of drug-likeness (QED) is 0.360. The summed E-state index contributed by atoms with van der Waals surface area (Å²) in [4.78, 5) is 22.0. The summed E-state index contributed by atoms with van der Waals surface area (Å²) in [7, 11) is 0. The monoisotopic (exact) mass is 376 g/mol. The fourth-order valence-corrected chi connectivity index (χ4v) is 3.02. The smallest absolute Gasteiger partial charge is 0.343 e. The van der Waals surface area contributed by atoms with Crippen LogP contribution in [0.15, 0.2) is 38.6 Å². The first-order valence-corrected chi connectivity index (χ1v) is 8.92. The molecule has 136 valence electrons. The van der Waals surface area contributed by atoms with Crippen LogP contribution in [-0.2, 0) is 12.3 Å². The zero-order valence-electron chi connectivity index (χ0n) is 13.9. The molecule has 0 aliphatic carbocycles. The maximum atomic E-state index is 11.8. The molecule has 0 fully saturated rings. The Bertz CT molecular complexity index is 946. The van der Waals surface area contributed by atoms with Gasteiger partial charge in [-0.3, -0.25) is 14.7 Å². The summed E-state index contributed by atoms with van der Waals surface area (Å²) in [5.74, 6) is 1.01. The predicted molar refractivity (Wildman–Crippen MR) is 93.7 cm³/mol. The highest BCUT2D eigenvalue weighted by Crippen LogP contribution is 2.24. The summed E-state index contributed by atoms with van der Waals surface area (Å²) in [6.07, 6.45) is 1.86. The summed E-state index contributed by atoms with van der Waals surface area (Å²) in [5, 5.41) is 25.6. The molecule has 3 aromatic rings. The molecule has 0 aliphatic rings. The van der Waals surface area contributed by atoms with Gasteiger partial charge in [-0.1, -0.05) is 25.1 Å². The summed E-state index contributed by atoms with van der Waals surface area (Å²) in [5.41, 5.74) is 0.352. The van der Waals surface area contributed by atoms with Crippen molar-refractivity contribution in [3.63, 3.8) is 0 Å². The van der Waals surface area contributed by atoms with Gasteiger partial charge in [0, 0.05) is 24.2 Å². The fraction of sp³-hybridized carbons (Fsp3) is 0.333. The number of benzene rings is 1. The van der Waals surface area contributed by atoms with E-state index in [2.05, 4.69) is 27.3 Å². The van der Waals surface area contributed by atoms with Gasteiger partial charge < -0.3 is 4.42 Å². The van der Waals surface area contributed by atoms with Gasteiger partial charge in [0.25, 0.3) is 5.69 Å². The summed E-state index contributed by atoms with van der Waals surface area (Å²) in [6, 6.07) is 5.87. The van der Waals surface area contributed by atoms with Gasteiger partial charge in [-0.25, -0.2) is 9.89 Å². The van der Waals surface area contributed by atoms with Crippen LogP contribution in [0.5, 0.6) is 0 Å². The van der Waals surface area contributed by atoms with Crippen LogP contribution in [0.25, 0.3) is 11.5 Å². The van der Waals surface area contributed by atoms with E-state index in [-0.39, 0.29) is 17.3 Å². The molecule has 0 atom stereocenters. The largest absolute Gasteiger partial charge is 0.420 e. The first-order valence-electron chi connectivity index (χ1n) is 7.93. The highest BCUT2D eigenvalue weighted by Gasteiger charge is 2.14. The minimum Gasteiger partial charge on any atom is -0.420 e. The third kappa shape index (κ3) is 3.99. The van der Waals surface area contributed by atoms with Gasteiger partial charge >= 0.3 is 5.69 Å². The van der Waals surface area contributed by atoms with Crippen molar-refractivity contribution in [2.75, 3.05) is 0 Å². The van der Waals surface area contributed by atoms with E-state index in [0.717, 1.165) is 12.8 Å². The van der Waals surface area contributed by atoms with E-state index >= 15 is 0 Å². The van der Waals surface area contributed by atoms with Crippen molar-refractivity contribution in [1.82, 2.24) is 25.0 Å². The Morgan fingerprint density at radius 3 is 2.77 bits per heavy atom. The SMILES string of the molecule is CCCCn1c(SCc2nnc(-c3ccc([N+](=O)[O-])cc3)o2)n[nH]c1=O. The Kier molecular flexibility index (Phi) is 5.46.